The summed E-state index contributed by atoms with van der Waals surface area (Å²) in [5.74, 6) is 1.84. The van der Waals surface area contributed by atoms with E-state index < -0.39 is 0 Å². The maximum Gasteiger partial charge on any atom is 0.244 e. The Morgan fingerprint density at radius 3 is 2.39 bits per heavy atom. The highest BCUT2D eigenvalue weighted by Gasteiger charge is 2.34. The molecule has 2 fully saturated rings. The fraction of sp³-hybridized carbons (Fsp3) is 0.458. The van der Waals surface area contributed by atoms with Crippen LogP contribution in [-0.4, -0.2) is 79.9 Å². The molecule has 2 saturated heterocycles. The Balaban J connectivity index is 1.25. The van der Waals surface area contributed by atoms with Crippen LogP contribution in [0.5, 0.6) is 11.5 Å². The van der Waals surface area contributed by atoms with Crippen LogP contribution in [0.4, 0.5) is 0 Å². The highest BCUT2D eigenvalue weighted by molar-refractivity contribution is 5.83. The van der Waals surface area contributed by atoms with Crippen molar-refractivity contribution in [2.24, 2.45) is 0 Å². The first-order chi connectivity index (χ1) is 15.3. The zero-order valence-corrected chi connectivity index (χ0v) is 17.7. The number of hydrogen-bond acceptors (Lipinski definition) is 6. The second-order valence-electron chi connectivity index (χ2n) is 8.25. The van der Waals surface area contributed by atoms with Gasteiger partial charge in [-0.05, 0) is 23.3 Å². The summed E-state index contributed by atoms with van der Waals surface area (Å²) in [5, 5.41) is 0. The number of rotatable bonds is 5. The molecular weight excluding hydrogens is 394 g/mol. The van der Waals surface area contributed by atoms with E-state index >= 15 is 0 Å². The van der Waals surface area contributed by atoms with Gasteiger partial charge >= 0.3 is 0 Å². The highest BCUT2D eigenvalue weighted by atomic mass is 16.7. The summed E-state index contributed by atoms with van der Waals surface area (Å²) in [6.45, 7) is 7.34. The van der Waals surface area contributed by atoms with E-state index in [0.29, 0.717) is 33.1 Å². The van der Waals surface area contributed by atoms with E-state index in [4.69, 9.17) is 14.2 Å². The van der Waals surface area contributed by atoms with Gasteiger partial charge in [0.15, 0.2) is 11.5 Å². The Kier molecular flexibility index (Phi) is 6.06. The maximum atomic E-state index is 13.5. The van der Waals surface area contributed by atoms with Crippen LogP contribution in [0.2, 0.25) is 0 Å². The molecule has 0 spiro atoms. The van der Waals surface area contributed by atoms with E-state index in [2.05, 4.69) is 34.1 Å². The summed E-state index contributed by atoms with van der Waals surface area (Å²) >= 11 is 0. The van der Waals surface area contributed by atoms with Crippen molar-refractivity contribution in [2.45, 2.75) is 12.6 Å². The molecule has 2 aromatic carbocycles. The van der Waals surface area contributed by atoms with Gasteiger partial charge in [-0.1, -0.05) is 36.4 Å². The molecule has 0 bridgehead atoms. The van der Waals surface area contributed by atoms with Crippen molar-refractivity contribution in [3.63, 3.8) is 0 Å². The lowest BCUT2D eigenvalue weighted by Gasteiger charge is -2.41. The smallest absolute Gasteiger partial charge is 0.244 e. The van der Waals surface area contributed by atoms with Crippen molar-refractivity contribution >= 4 is 5.91 Å². The summed E-state index contributed by atoms with van der Waals surface area (Å²) in [5.41, 5.74) is 2.30. The number of carbonyl (C=O) groups is 1. The first-order valence-electron chi connectivity index (χ1n) is 11.0. The monoisotopic (exact) mass is 423 g/mol. The Morgan fingerprint density at radius 1 is 0.871 bits per heavy atom. The molecule has 3 aliphatic heterocycles. The van der Waals surface area contributed by atoms with Crippen molar-refractivity contribution < 1.29 is 19.0 Å². The number of carbonyl (C=O) groups excluding carboxylic acids is 1. The van der Waals surface area contributed by atoms with Crippen molar-refractivity contribution in [3.05, 3.63) is 59.7 Å². The van der Waals surface area contributed by atoms with Gasteiger partial charge in [0, 0.05) is 45.8 Å². The van der Waals surface area contributed by atoms with Gasteiger partial charge in [0.1, 0.15) is 6.04 Å². The molecule has 31 heavy (non-hydrogen) atoms. The van der Waals surface area contributed by atoms with Crippen LogP contribution in [-0.2, 0) is 16.1 Å². The minimum atomic E-state index is -0.230. The molecule has 0 unspecified atom stereocenters. The van der Waals surface area contributed by atoms with Gasteiger partial charge in [0.05, 0.1) is 13.2 Å². The summed E-state index contributed by atoms with van der Waals surface area (Å²) in [6, 6.07) is 16.1. The average Bonchev–Trinajstić information content (AvgIpc) is 3.30. The minimum Gasteiger partial charge on any atom is -0.454 e. The highest BCUT2D eigenvalue weighted by Crippen LogP contribution is 2.33. The molecule has 164 valence electrons. The Morgan fingerprint density at radius 2 is 1.61 bits per heavy atom. The maximum absolute atomic E-state index is 13.5. The number of morpholine rings is 1. The van der Waals surface area contributed by atoms with Gasteiger partial charge in [-0.15, -0.1) is 0 Å². The molecule has 1 amide bonds. The van der Waals surface area contributed by atoms with Crippen molar-refractivity contribution in [1.82, 2.24) is 14.7 Å². The van der Waals surface area contributed by atoms with Gasteiger partial charge < -0.3 is 19.1 Å². The molecule has 3 heterocycles. The lowest BCUT2D eigenvalue weighted by molar-refractivity contribution is -0.142. The SMILES string of the molecule is O=C([C@@H](c1ccccc1)N1CCN(Cc2ccc3c(c2)OCO3)CC1)N1CCOCC1. The third-order valence-electron chi connectivity index (χ3n) is 6.29. The quantitative estimate of drug-likeness (QED) is 0.735. The van der Waals surface area contributed by atoms with E-state index in [1.165, 1.54) is 5.56 Å². The second-order valence-corrected chi connectivity index (χ2v) is 8.25. The van der Waals surface area contributed by atoms with Gasteiger partial charge in [-0.3, -0.25) is 14.6 Å². The zero-order valence-electron chi connectivity index (χ0n) is 17.7. The topological polar surface area (TPSA) is 54.5 Å². The molecule has 2 aromatic rings. The van der Waals surface area contributed by atoms with Gasteiger partial charge in [-0.25, -0.2) is 0 Å². The van der Waals surface area contributed by atoms with Crippen molar-refractivity contribution in [2.75, 3.05) is 59.3 Å². The Hall–Kier alpha value is -2.61. The minimum absolute atomic E-state index is 0.193. The number of hydrogen-bond donors (Lipinski definition) is 0. The van der Waals surface area contributed by atoms with Crippen molar-refractivity contribution in [3.8, 4) is 11.5 Å². The van der Waals surface area contributed by atoms with E-state index in [1.54, 1.807) is 0 Å². The first-order valence-corrected chi connectivity index (χ1v) is 11.0. The summed E-state index contributed by atoms with van der Waals surface area (Å²) < 4.78 is 16.4. The molecule has 0 aliphatic carbocycles. The van der Waals surface area contributed by atoms with Crippen LogP contribution in [0.3, 0.4) is 0 Å². The van der Waals surface area contributed by atoms with Crippen LogP contribution in [0.25, 0.3) is 0 Å². The standard InChI is InChI=1S/C24H29N3O4/c28-24(27-12-14-29-15-13-27)23(20-4-2-1-3-5-20)26-10-8-25(9-11-26)17-19-6-7-21-22(16-19)31-18-30-21/h1-7,16,23H,8-15,17-18H2/t23-/m1/s1. The molecule has 0 radical (unpaired) electrons. The number of nitrogens with zero attached hydrogens (tertiary/aromatic N) is 3. The molecule has 0 N–H and O–H groups in total. The van der Waals surface area contributed by atoms with Crippen molar-refractivity contribution in [1.29, 1.82) is 0 Å². The van der Waals surface area contributed by atoms with E-state index in [1.807, 2.05) is 29.2 Å². The fourth-order valence-electron chi connectivity index (χ4n) is 4.58. The molecular formula is C24H29N3O4. The van der Waals surface area contributed by atoms with Crippen LogP contribution in [0.15, 0.2) is 48.5 Å². The van der Waals surface area contributed by atoms with E-state index in [9.17, 15) is 4.79 Å². The molecule has 7 nitrogen and oxygen atoms in total. The van der Waals surface area contributed by atoms with Crippen LogP contribution >= 0.6 is 0 Å². The second kappa shape index (κ2) is 9.26. The van der Waals surface area contributed by atoms with E-state index in [0.717, 1.165) is 49.8 Å². The number of amides is 1. The summed E-state index contributed by atoms with van der Waals surface area (Å²) in [6.07, 6.45) is 0. The number of benzene rings is 2. The van der Waals surface area contributed by atoms with E-state index in [-0.39, 0.29) is 11.9 Å². The summed E-state index contributed by atoms with van der Waals surface area (Å²) in [4.78, 5) is 20.2. The molecule has 0 aromatic heterocycles. The predicted molar refractivity (Wildman–Crippen MR) is 116 cm³/mol. The zero-order chi connectivity index (χ0) is 21.0. The fourth-order valence-corrected chi connectivity index (χ4v) is 4.58. The molecule has 5 rings (SSSR count). The lowest BCUT2D eigenvalue weighted by atomic mass is 10.0. The summed E-state index contributed by atoms with van der Waals surface area (Å²) in [7, 11) is 0. The third-order valence-corrected chi connectivity index (χ3v) is 6.29. The van der Waals surface area contributed by atoms with Gasteiger partial charge in [-0.2, -0.15) is 0 Å². The largest absolute Gasteiger partial charge is 0.454 e. The van der Waals surface area contributed by atoms with Gasteiger partial charge in [0.25, 0.3) is 0 Å². The normalized spacial score (nSPS) is 20.6. The van der Waals surface area contributed by atoms with Crippen LogP contribution in [0.1, 0.15) is 17.2 Å². The molecule has 0 saturated carbocycles. The van der Waals surface area contributed by atoms with Crippen LogP contribution in [0, 0.1) is 0 Å². The van der Waals surface area contributed by atoms with Gasteiger partial charge in [0.2, 0.25) is 12.7 Å². The van der Waals surface area contributed by atoms with Crippen LogP contribution < -0.4 is 9.47 Å². The lowest BCUT2D eigenvalue weighted by Crippen LogP contribution is -2.52. The Bertz CT molecular complexity index is 893. The average molecular weight is 424 g/mol. The Labute approximate surface area is 183 Å². The number of piperazine rings is 1. The molecule has 7 heteroatoms. The molecule has 3 aliphatic rings. The number of ether oxygens (including phenoxy) is 3. The number of fused-ring (bicyclic) bond motifs is 1. The molecule has 1 atom stereocenters. The predicted octanol–water partition coefficient (Wildman–Crippen LogP) is 2.13. The third kappa shape index (κ3) is 4.54. The first kappa shape index (κ1) is 20.3.